The van der Waals surface area contributed by atoms with Crippen molar-refractivity contribution in [2.24, 2.45) is 0 Å². The molecule has 0 radical (unpaired) electrons. The fourth-order valence-electron chi connectivity index (χ4n) is 2.04. The third-order valence-corrected chi connectivity index (χ3v) is 3.43. The van der Waals surface area contributed by atoms with Crippen LogP contribution in [0.3, 0.4) is 0 Å². The number of aryl methyl sites for hydroxylation is 1. The minimum absolute atomic E-state index is 0.0153. The molecule has 2 aromatic carbocycles. The van der Waals surface area contributed by atoms with E-state index in [2.05, 4.69) is 16.0 Å². The highest BCUT2D eigenvalue weighted by Crippen LogP contribution is 2.20. The minimum Gasteiger partial charge on any atom is -0.376 e. The van der Waals surface area contributed by atoms with E-state index < -0.39 is 5.82 Å². The molecule has 0 aliphatic rings. The molecule has 5 nitrogen and oxygen atoms in total. The second-order valence-corrected chi connectivity index (χ2v) is 5.31. The average Bonchev–Trinajstić information content (AvgIpc) is 2.57. The highest BCUT2D eigenvalue weighted by atomic mass is 19.1. The summed E-state index contributed by atoms with van der Waals surface area (Å²) in [4.78, 5) is 23.4. The summed E-state index contributed by atoms with van der Waals surface area (Å²) in [5, 5.41) is 8.26. The number of nitrogens with one attached hydrogen (secondary N) is 3. The number of halogens is 1. The van der Waals surface area contributed by atoms with Crippen molar-refractivity contribution in [3.05, 3.63) is 53.8 Å². The lowest BCUT2D eigenvalue weighted by atomic mass is 10.1. The van der Waals surface area contributed by atoms with Crippen LogP contribution in [0, 0.1) is 12.7 Å². The standard InChI is InChI=1S/C18H20FN3O2/c1-3-17(23)22-16-10-13(9-8-12(16)2)20-11-18(24)21-15-7-5-4-6-14(15)19/h4-10,20H,3,11H2,1-2H3,(H,21,24)(H,22,23). The number of rotatable bonds is 6. The largest absolute Gasteiger partial charge is 0.376 e. The quantitative estimate of drug-likeness (QED) is 0.759. The Kier molecular flexibility index (Phi) is 5.89. The lowest BCUT2D eigenvalue weighted by molar-refractivity contribution is -0.116. The molecule has 0 atom stereocenters. The van der Waals surface area contributed by atoms with E-state index >= 15 is 0 Å². The average molecular weight is 329 g/mol. The van der Waals surface area contributed by atoms with Gasteiger partial charge < -0.3 is 16.0 Å². The van der Waals surface area contributed by atoms with Crippen molar-refractivity contribution in [3.63, 3.8) is 0 Å². The highest BCUT2D eigenvalue weighted by Gasteiger charge is 2.08. The first-order valence-corrected chi connectivity index (χ1v) is 7.68. The van der Waals surface area contributed by atoms with E-state index in [4.69, 9.17) is 0 Å². The summed E-state index contributed by atoms with van der Waals surface area (Å²) in [5.74, 6) is -0.918. The zero-order chi connectivity index (χ0) is 17.5. The van der Waals surface area contributed by atoms with Crippen LogP contribution in [-0.2, 0) is 9.59 Å². The van der Waals surface area contributed by atoms with E-state index in [1.54, 1.807) is 25.1 Å². The van der Waals surface area contributed by atoms with Gasteiger partial charge in [0.05, 0.1) is 12.2 Å². The maximum absolute atomic E-state index is 13.5. The topological polar surface area (TPSA) is 70.2 Å². The number of hydrogen-bond donors (Lipinski definition) is 3. The number of carbonyl (C=O) groups excluding carboxylic acids is 2. The zero-order valence-electron chi connectivity index (χ0n) is 13.7. The first kappa shape index (κ1) is 17.5. The molecule has 2 rings (SSSR count). The fourth-order valence-corrected chi connectivity index (χ4v) is 2.04. The van der Waals surface area contributed by atoms with E-state index in [0.29, 0.717) is 17.8 Å². The van der Waals surface area contributed by atoms with Gasteiger partial charge in [-0.1, -0.05) is 25.1 Å². The summed E-state index contributed by atoms with van der Waals surface area (Å²) in [6.07, 6.45) is 0.391. The molecular formula is C18H20FN3O2. The van der Waals surface area contributed by atoms with Gasteiger partial charge in [-0.15, -0.1) is 0 Å². The van der Waals surface area contributed by atoms with Crippen LogP contribution in [0.5, 0.6) is 0 Å². The van der Waals surface area contributed by atoms with Crippen molar-refractivity contribution in [1.82, 2.24) is 0 Å². The molecule has 0 unspecified atom stereocenters. The molecule has 2 aromatic rings. The second-order valence-electron chi connectivity index (χ2n) is 5.31. The van der Waals surface area contributed by atoms with Gasteiger partial charge in [-0.05, 0) is 36.8 Å². The third-order valence-electron chi connectivity index (χ3n) is 3.43. The van der Waals surface area contributed by atoms with Crippen molar-refractivity contribution in [2.45, 2.75) is 20.3 Å². The maximum atomic E-state index is 13.5. The summed E-state index contributed by atoms with van der Waals surface area (Å²) < 4.78 is 13.5. The molecule has 0 saturated carbocycles. The van der Waals surface area contributed by atoms with E-state index in [0.717, 1.165) is 5.56 Å². The Balaban J connectivity index is 1.96. The van der Waals surface area contributed by atoms with Gasteiger partial charge in [0.2, 0.25) is 11.8 Å². The Hall–Kier alpha value is -2.89. The summed E-state index contributed by atoms with van der Waals surface area (Å²) in [6, 6.07) is 11.4. The lowest BCUT2D eigenvalue weighted by Gasteiger charge is -2.12. The van der Waals surface area contributed by atoms with Gasteiger partial charge >= 0.3 is 0 Å². The number of para-hydroxylation sites is 1. The van der Waals surface area contributed by atoms with Gasteiger partial charge in [-0.3, -0.25) is 9.59 Å². The Morgan fingerprint density at radius 3 is 2.42 bits per heavy atom. The highest BCUT2D eigenvalue weighted by molar-refractivity contribution is 5.94. The molecule has 0 saturated heterocycles. The van der Waals surface area contributed by atoms with Crippen molar-refractivity contribution in [2.75, 3.05) is 22.5 Å². The Bertz CT molecular complexity index is 747. The van der Waals surface area contributed by atoms with E-state index in [1.807, 2.05) is 19.1 Å². The molecule has 0 spiro atoms. The van der Waals surface area contributed by atoms with Gasteiger partial charge in [0.25, 0.3) is 0 Å². The van der Waals surface area contributed by atoms with Crippen LogP contribution in [0.1, 0.15) is 18.9 Å². The van der Waals surface area contributed by atoms with E-state index in [9.17, 15) is 14.0 Å². The monoisotopic (exact) mass is 329 g/mol. The molecule has 126 valence electrons. The summed E-state index contributed by atoms with van der Waals surface area (Å²) in [5.41, 5.74) is 2.46. The van der Waals surface area contributed by atoms with Crippen LogP contribution in [0.25, 0.3) is 0 Å². The number of hydrogen-bond acceptors (Lipinski definition) is 3. The van der Waals surface area contributed by atoms with Crippen LogP contribution in [0.15, 0.2) is 42.5 Å². The third kappa shape index (κ3) is 4.81. The van der Waals surface area contributed by atoms with Crippen LogP contribution in [-0.4, -0.2) is 18.4 Å². The molecule has 2 amide bonds. The van der Waals surface area contributed by atoms with Gasteiger partial charge in [0, 0.05) is 17.8 Å². The normalized spacial score (nSPS) is 10.1. The van der Waals surface area contributed by atoms with Crippen LogP contribution < -0.4 is 16.0 Å². The van der Waals surface area contributed by atoms with E-state index in [-0.39, 0.29) is 24.0 Å². The van der Waals surface area contributed by atoms with Gasteiger partial charge in [0.15, 0.2) is 0 Å². The molecule has 0 heterocycles. The molecule has 0 aromatic heterocycles. The molecule has 24 heavy (non-hydrogen) atoms. The molecule has 0 aliphatic carbocycles. The SMILES string of the molecule is CCC(=O)Nc1cc(NCC(=O)Nc2ccccc2F)ccc1C. The minimum atomic E-state index is -0.481. The van der Waals surface area contributed by atoms with Crippen molar-refractivity contribution >= 4 is 28.9 Å². The number of carbonyl (C=O) groups is 2. The molecule has 0 fully saturated rings. The van der Waals surface area contributed by atoms with Gasteiger partial charge in [0.1, 0.15) is 5.82 Å². The number of amides is 2. The maximum Gasteiger partial charge on any atom is 0.243 e. The van der Waals surface area contributed by atoms with Crippen molar-refractivity contribution in [1.29, 1.82) is 0 Å². The number of benzene rings is 2. The molecular weight excluding hydrogens is 309 g/mol. The molecule has 6 heteroatoms. The molecule has 0 bridgehead atoms. The Morgan fingerprint density at radius 2 is 1.71 bits per heavy atom. The van der Waals surface area contributed by atoms with Crippen molar-refractivity contribution in [3.8, 4) is 0 Å². The zero-order valence-corrected chi connectivity index (χ0v) is 13.7. The van der Waals surface area contributed by atoms with Crippen molar-refractivity contribution < 1.29 is 14.0 Å². The molecule has 3 N–H and O–H groups in total. The summed E-state index contributed by atoms with van der Waals surface area (Å²) in [6.45, 7) is 3.65. The van der Waals surface area contributed by atoms with Crippen LogP contribution >= 0.6 is 0 Å². The fraction of sp³-hybridized carbons (Fsp3) is 0.222. The predicted octanol–water partition coefficient (Wildman–Crippen LogP) is 3.53. The smallest absolute Gasteiger partial charge is 0.243 e. The van der Waals surface area contributed by atoms with Crippen LogP contribution in [0.4, 0.5) is 21.5 Å². The molecule has 0 aliphatic heterocycles. The first-order valence-electron chi connectivity index (χ1n) is 7.68. The Labute approximate surface area is 140 Å². The van der Waals surface area contributed by atoms with Crippen LogP contribution in [0.2, 0.25) is 0 Å². The van der Waals surface area contributed by atoms with E-state index in [1.165, 1.54) is 12.1 Å². The second kappa shape index (κ2) is 8.10. The first-order chi connectivity index (χ1) is 11.5. The Morgan fingerprint density at radius 1 is 1.00 bits per heavy atom. The number of anilines is 3. The predicted molar refractivity (Wildman–Crippen MR) is 93.6 cm³/mol. The lowest BCUT2D eigenvalue weighted by Crippen LogP contribution is -2.22. The van der Waals surface area contributed by atoms with Gasteiger partial charge in [-0.25, -0.2) is 4.39 Å². The van der Waals surface area contributed by atoms with Gasteiger partial charge in [-0.2, -0.15) is 0 Å². The summed E-state index contributed by atoms with van der Waals surface area (Å²) in [7, 11) is 0. The summed E-state index contributed by atoms with van der Waals surface area (Å²) >= 11 is 0.